The Morgan fingerprint density at radius 2 is 1.58 bits per heavy atom. The predicted octanol–water partition coefficient (Wildman–Crippen LogP) is 3.05. The average Bonchev–Trinajstić information content (AvgIpc) is 2.46. The minimum Gasteiger partial charge on any atom is -0.323 e. The average molecular weight is 277 g/mol. The molecule has 0 aliphatic rings. The molecule has 0 radical (unpaired) electrons. The van der Waals surface area contributed by atoms with E-state index in [0.29, 0.717) is 6.42 Å². The van der Waals surface area contributed by atoms with Crippen molar-refractivity contribution in [1.82, 2.24) is 0 Å². The molecular formula is C14H16NO3P. The molecule has 19 heavy (non-hydrogen) atoms. The van der Waals surface area contributed by atoms with Gasteiger partial charge in [0.15, 0.2) is 0 Å². The van der Waals surface area contributed by atoms with Crippen LogP contribution >= 0.6 is 7.60 Å². The van der Waals surface area contributed by atoms with Gasteiger partial charge in [0, 0.05) is 0 Å². The zero-order valence-electron chi connectivity index (χ0n) is 10.3. The molecule has 5 heteroatoms. The third-order valence-electron chi connectivity index (χ3n) is 3.00. The second-order valence-corrected chi connectivity index (χ2v) is 6.25. The summed E-state index contributed by atoms with van der Waals surface area (Å²) < 4.78 is 16.4. The van der Waals surface area contributed by atoms with Crippen LogP contribution in [0.15, 0.2) is 60.7 Å². The van der Waals surface area contributed by atoms with E-state index < -0.39 is 13.3 Å². The highest BCUT2D eigenvalue weighted by Gasteiger charge is 2.33. The van der Waals surface area contributed by atoms with Crippen molar-refractivity contribution in [2.45, 2.75) is 12.1 Å². The van der Waals surface area contributed by atoms with Crippen molar-refractivity contribution in [2.75, 3.05) is 0 Å². The van der Waals surface area contributed by atoms with Gasteiger partial charge in [-0.1, -0.05) is 60.7 Å². The molecule has 0 heterocycles. The van der Waals surface area contributed by atoms with Crippen molar-refractivity contribution in [1.29, 1.82) is 0 Å². The molecule has 0 bridgehead atoms. The molecule has 0 saturated carbocycles. The lowest BCUT2D eigenvalue weighted by atomic mass is 10.0. The zero-order chi connectivity index (χ0) is 13.7. The van der Waals surface area contributed by atoms with Gasteiger partial charge in [0.2, 0.25) is 0 Å². The first-order valence-electron chi connectivity index (χ1n) is 5.93. The maximum absolute atomic E-state index is 12.1. The lowest BCUT2D eigenvalue weighted by molar-refractivity contribution is 0.258. The molecule has 4 nitrogen and oxygen atoms in total. The Morgan fingerprint density at radius 1 is 1.05 bits per heavy atom. The Morgan fingerprint density at radius 3 is 2.11 bits per heavy atom. The second-order valence-electron chi connectivity index (χ2n) is 4.29. The lowest BCUT2D eigenvalue weighted by Gasteiger charge is -2.21. The zero-order valence-corrected chi connectivity index (χ0v) is 11.2. The van der Waals surface area contributed by atoms with Gasteiger partial charge in [0.1, 0.15) is 0 Å². The molecule has 0 saturated heterocycles. The number of hydrogen-bond donors (Lipinski definition) is 2. The van der Waals surface area contributed by atoms with Gasteiger partial charge in [0.25, 0.3) is 0 Å². The van der Waals surface area contributed by atoms with Crippen LogP contribution in [0.1, 0.15) is 16.8 Å². The van der Waals surface area contributed by atoms with Gasteiger partial charge in [-0.05, 0) is 17.5 Å². The summed E-state index contributed by atoms with van der Waals surface area (Å²) in [6.45, 7) is 0. The third-order valence-corrected chi connectivity index (χ3v) is 4.57. The first-order chi connectivity index (χ1) is 9.13. The number of hydrogen-bond acceptors (Lipinski definition) is 3. The van der Waals surface area contributed by atoms with Gasteiger partial charge >= 0.3 is 7.60 Å². The summed E-state index contributed by atoms with van der Waals surface area (Å²) in [7, 11) is -3.89. The van der Waals surface area contributed by atoms with Crippen LogP contribution in [0.25, 0.3) is 0 Å². The summed E-state index contributed by atoms with van der Waals surface area (Å²) in [5.41, 5.74) is 1.03. The highest BCUT2D eigenvalue weighted by Crippen LogP contribution is 2.56. The van der Waals surface area contributed by atoms with Crippen molar-refractivity contribution in [3.05, 3.63) is 71.8 Å². The standard InChI is InChI=1S/C14H16NO3P/c15-18-19(16,17)14(13-9-5-2-6-10-13)11-12-7-3-1-4-8-12/h1-10,14H,11,15H2,(H,16,17). The minimum absolute atomic E-state index is 0.399. The summed E-state index contributed by atoms with van der Waals surface area (Å²) >= 11 is 0. The Labute approximate surface area is 112 Å². The maximum atomic E-state index is 12.1. The Kier molecular flexibility index (Phi) is 4.51. The number of rotatable bonds is 5. The van der Waals surface area contributed by atoms with E-state index in [1.807, 2.05) is 48.5 Å². The summed E-state index contributed by atoms with van der Waals surface area (Å²) in [5, 5.41) is 0. The van der Waals surface area contributed by atoms with Crippen LogP contribution in [0.5, 0.6) is 0 Å². The van der Waals surface area contributed by atoms with E-state index in [9.17, 15) is 9.46 Å². The van der Waals surface area contributed by atoms with E-state index in [1.165, 1.54) is 0 Å². The van der Waals surface area contributed by atoms with Gasteiger partial charge in [-0.2, -0.15) is 0 Å². The fraction of sp³-hybridized carbons (Fsp3) is 0.143. The molecule has 0 amide bonds. The molecule has 0 aromatic heterocycles. The molecule has 100 valence electrons. The summed E-state index contributed by atoms with van der Waals surface area (Å²) in [5.74, 6) is 4.99. The Bertz CT molecular complexity index is 559. The fourth-order valence-electron chi connectivity index (χ4n) is 2.01. The van der Waals surface area contributed by atoms with Crippen LogP contribution in [0.2, 0.25) is 0 Å². The van der Waals surface area contributed by atoms with Gasteiger partial charge in [-0.15, -0.1) is 0 Å². The molecule has 3 N–H and O–H groups in total. The van der Waals surface area contributed by atoms with Crippen LogP contribution in [0.4, 0.5) is 0 Å². The molecule has 2 aromatic carbocycles. The van der Waals surface area contributed by atoms with E-state index in [1.54, 1.807) is 12.1 Å². The summed E-state index contributed by atoms with van der Waals surface area (Å²) in [4.78, 5) is 9.91. The Balaban J connectivity index is 2.33. The smallest absolute Gasteiger partial charge is 0.323 e. The Hall–Kier alpha value is -1.45. The minimum atomic E-state index is -3.89. The normalized spacial score (nSPS) is 15.7. The molecule has 2 rings (SSSR count). The van der Waals surface area contributed by atoms with Crippen molar-refractivity contribution < 1.29 is 14.1 Å². The van der Waals surface area contributed by atoms with Gasteiger partial charge < -0.3 is 4.89 Å². The van der Waals surface area contributed by atoms with Gasteiger partial charge in [0.05, 0.1) is 5.66 Å². The largest absolute Gasteiger partial charge is 0.351 e. The highest BCUT2D eigenvalue weighted by molar-refractivity contribution is 7.53. The van der Waals surface area contributed by atoms with Crippen LogP contribution in [0.3, 0.4) is 0 Å². The molecule has 0 fully saturated rings. The van der Waals surface area contributed by atoms with E-state index in [2.05, 4.69) is 4.62 Å². The SMILES string of the molecule is NOP(=O)(O)C(Cc1ccccc1)c1ccccc1. The van der Waals surface area contributed by atoms with E-state index in [4.69, 9.17) is 5.90 Å². The predicted molar refractivity (Wildman–Crippen MR) is 74.4 cm³/mol. The van der Waals surface area contributed by atoms with Crippen molar-refractivity contribution in [3.8, 4) is 0 Å². The van der Waals surface area contributed by atoms with Crippen LogP contribution in [-0.2, 0) is 15.6 Å². The summed E-state index contributed by atoms with van der Waals surface area (Å²) in [6, 6.07) is 18.6. The fourth-order valence-corrected chi connectivity index (χ4v) is 3.14. The van der Waals surface area contributed by atoms with E-state index >= 15 is 0 Å². The molecule has 2 atom stereocenters. The van der Waals surface area contributed by atoms with Crippen molar-refractivity contribution >= 4 is 7.60 Å². The second kappa shape index (κ2) is 6.13. The van der Waals surface area contributed by atoms with Gasteiger partial charge in [-0.3, -0.25) is 4.57 Å². The van der Waals surface area contributed by atoms with Crippen LogP contribution in [0, 0.1) is 0 Å². The molecule has 0 aliphatic carbocycles. The number of benzene rings is 2. The van der Waals surface area contributed by atoms with E-state index in [-0.39, 0.29) is 0 Å². The quantitative estimate of drug-likeness (QED) is 0.650. The van der Waals surface area contributed by atoms with E-state index in [0.717, 1.165) is 11.1 Å². The summed E-state index contributed by atoms with van der Waals surface area (Å²) in [6.07, 6.45) is 0.399. The van der Waals surface area contributed by atoms with Crippen molar-refractivity contribution in [2.24, 2.45) is 5.90 Å². The molecule has 0 spiro atoms. The first-order valence-corrected chi connectivity index (χ1v) is 7.58. The molecular weight excluding hydrogens is 261 g/mol. The molecule has 2 unspecified atom stereocenters. The van der Waals surface area contributed by atoms with Gasteiger partial charge in [-0.25, -0.2) is 10.5 Å². The first kappa shape index (κ1) is 14.0. The third kappa shape index (κ3) is 3.52. The van der Waals surface area contributed by atoms with Crippen LogP contribution in [-0.4, -0.2) is 4.89 Å². The maximum Gasteiger partial charge on any atom is 0.351 e. The lowest BCUT2D eigenvalue weighted by Crippen LogP contribution is -2.09. The topological polar surface area (TPSA) is 72.5 Å². The van der Waals surface area contributed by atoms with Crippen LogP contribution < -0.4 is 5.90 Å². The highest BCUT2D eigenvalue weighted by atomic mass is 31.2. The number of nitrogens with two attached hydrogens (primary N) is 1. The molecule has 0 aliphatic heterocycles. The monoisotopic (exact) mass is 277 g/mol. The van der Waals surface area contributed by atoms with Crippen molar-refractivity contribution in [3.63, 3.8) is 0 Å². The molecule has 2 aromatic rings.